The molecule has 5 rings (SSSR count). The summed E-state index contributed by atoms with van der Waals surface area (Å²) in [4.78, 5) is 27.4. The molecule has 0 atom stereocenters. The molecule has 7 heteroatoms. The van der Waals surface area contributed by atoms with Crippen LogP contribution in [0, 0.1) is 0 Å². The molecule has 1 aromatic heterocycles. The van der Waals surface area contributed by atoms with Crippen molar-refractivity contribution in [2.45, 2.75) is 13.0 Å². The smallest absolute Gasteiger partial charge is 0.256 e. The third-order valence-electron chi connectivity index (χ3n) is 5.57. The van der Waals surface area contributed by atoms with E-state index in [1.165, 1.54) is 0 Å². The summed E-state index contributed by atoms with van der Waals surface area (Å²) < 4.78 is 5.78. The van der Waals surface area contributed by atoms with Gasteiger partial charge in [-0.15, -0.1) is 0 Å². The van der Waals surface area contributed by atoms with Gasteiger partial charge in [0.05, 0.1) is 6.54 Å². The van der Waals surface area contributed by atoms with E-state index in [9.17, 15) is 9.59 Å². The fraction of sp³-hybridized carbons (Fsp3) is 0.115. The van der Waals surface area contributed by atoms with Crippen molar-refractivity contribution in [3.8, 4) is 11.5 Å². The molecule has 0 saturated carbocycles. The van der Waals surface area contributed by atoms with Gasteiger partial charge in [0.2, 0.25) is 0 Å². The highest BCUT2D eigenvalue weighted by Crippen LogP contribution is 2.26. The van der Waals surface area contributed by atoms with E-state index in [1.807, 2.05) is 48.5 Å². The molecule has 0 aliphatic carbocycles. The summed E-state index contributed by atoms with van der Waals surface area (Å²) in [6, 6.07) is 25.6. The van der Waals surface area contributed by atoms with Crippen LogP contribution in [0.1, 0.15) is 32.0 Å². The number of para-hydroxylation sites is 1. The van der Waals surface area contributed by atoms with Gasteiger partial charge in [0.1, 0.15) is 11.5 Å². The number of hydrogen-bond acceptors (Lipinski definition) is 4. The summed E-state index contributed by atoms with van der Waals surface area (Å²) in [6.45, 7) is 0.984. The van der Waals surface area contributed by atoms with Crippen molar-refractivity contribution in [3.63, 3.8) is 0 Å². The lowest BCUT2D eigenvalue weighted by atomic mass is 10.1. The van der Waals surface area contributed by atoms with Gasteiger partial charge in [-0.2, -0.15) is 5.10 Å². The Morgan fingerprint density at radius 2 is 1.52 bits per heavy atom. The number of nitrogens with one attached hydrogen (secondary N) is 2. The maximum atomic E-state index is 12.8. The minimum Gasteiger partial charge on any atom is -0.457 e. The van der Waals surface area contributed by atoms with Gasteiger partial charge >= 0.3 is 0 Å². The number of ether oxygens (including phenoxy) is 1. The number of anilines is 1. The molecule has 7 nitrogen and oxygen atoms in total. The van der Waals surface area contributed by atoms with Gasteiger partial charge in [-0.05, 0) is 48.5 Å². The summed E-state index contributed by atoms with van der Waals surface area (Å²) in [5.41, 5.74) is 2.91. The van der Waals surface area contributed by atoms with E-state index in [2.05, 4.69) is 15.5 Å². The number of fused-ring (bicyclic) bond motifs is 1. The monoisotopic (exact) mass is 438 g/mol. The van der Waals surface area contributed by atoms with Gasteiger partial charge in [-0.25, -0.2) is 0 Å². The van der Waals surface area contributed by atoms with E-state index >= 15 is 0 Å². The maximum Gasteiger partial charge on any atom is 0.256 e. The fourth-order valence-corrected chi connectivity index (χ4v) is 3.81. The Bertz CT molecular complexity index is 1270. The predicted octanol–water partition coefficient (Wildman–Crippen LogP) is 4.65. The van der Waals surface area contributed by atoms with Crippen LogP contribution in [-0.4, -0.2) is 33.5 Å². The number of amides is 2. The maximum absolute atomic E-state index is 12.8. The standard InChI is InChI=1S/C26H22N4O3/c31-25(18-11-13-21(14-12-18)33-20-9-5-2-6-10-20)27-24-22-17-30(16-15-23(22)28-29-24)26(32)19-7-3-1-4-8-19/h1-14H,15-17H2,(H2,27,28,29,31). The number of aromatic amines is 1. The quantitative estimate of drug-likeness (QED) is 0.475. The van der Waals surface area contributed by atoms with Gasteiger partial charge in [-0.1, -0.05) is 36.4 Å². The number of benzene rings is 3. The summed E-state index contributed by atoms with van der Waals surface area (Å²) in [5, 5.41) is 10.2. The third-order valence-corrected chi connectivity index (χ3v) is 5.57. The number of aromatic nitrogens is 2. The number of H-pyrrole nitrogens is 1. The summed E-state index contributed by atoms with van der Waals surface area (Å²) in [7, 11) is 0. The Labute approximate surface area is 191 Å². The van der Waals surface area contributed by atoms with Crippen LogP contribution in [0.15, 0.2) is 84.9 Å². The van der Waals surface area contributed by atoms with E-state index < -0.39 is 0 Å². The molecule has 1 aliphatic heterocycles. The SMILES string of the molecule is O=C(Nc1n[nH]c2c1CN(C(=O)c1ccccc1)CC2)c1ccc(Oc2ccccc2)cc1. The molecule has 0 unspecified atom stereocenters. The van der Waals surface area contributed by atoms with Crippen molar-refractivity contribution in [1.29, 1.82) is 0 Å². The van der Waals surface area contributed by atoms with E-state index in [0.29, 0.717) is 42.2 Å². The minimum atomic E-state index is -0.276. The summed E-state index contributed by atoms with van der Waals surface area (Å²) in [6.07, 6.45) is 0.655. The molecule has 0 spiro atoms. The Hall–Kier alpha value is -4.39. The highest BCUT2D eigenvalue weighted by atomic mass is 16.5. The number of carbonyl (C=O) groups excluding carboxylic acids is 2. The van der Waals surface area contributed by atoms with Gasteiger partial charge in [0.15, 0.2) is 5.82 Å². The normalized spacial score (nSPS) is 12.7. The highest BCUT2D eigenvalue weighted by molar-refractivity contribution is 6.04. The first kappa shape index (κ1) is 20.5. The average molecular weight is 438 g/mol. The van der Waals surface area contributed by atoms with Crippen LogP contribution in [0.2, 0.25) is 0 Å². The van der Waals surface area contributed by atoms with Crippen LogP contribution >= 0.6 is 0 Å². The van der Waals surface area contributed by atoms with Crippen molar-refractivity contribution >= 4 is 17.6 Å². The number of carbonyl (C=O) groups is 2. The zero-order valence-corrected chi connectivity index (χ0v) is 17.8. The van der Waals surface area contributed by atoms with Crippen molar-refractivity contribution in [2.24, 2.45) is 0 Å². The lowest BCUT2D eigenvalue weighted by Crippen LogP contribution is -2.36. The molecule has 0 bridgehead atoms. The second-order valence-corrected chi connectivity index (χ2v) is 7.77. The van der Waals surface area contributed by atoms with Crippen LogP contribution in [0.4, 0.5) is 5.82 Å². The van der Waals surface area contributed by atoms with Gasteiger partial charge in [-0.3, -0.25) is 14.7 Å². The first-order chi connectivity index (χ1) is 16.2. The topological polar surface area (TPSA) is 87.3 Å². The Kier molecular flexibility index (Phi) is 5.59. The number of nitrogens with zero attached hydrogens (tertiary/aromatic N) is 2. The zero-order chi connectivity index (χ0) is 22.6. The highest BCUT2D eigenvalue weighted by Gasteiger charge is 2.26. The largest absolute Gasteiger partial charge is 0.457 e. The fourth-order valence-electron chi connectivity index (χ4n) is 3.81. The van der Waals surface area contributed by atoms with E-state index in [0.717, 1.165) is 17.0 Å². The molecule has 33 heavy (non-hydrogen) atoms. The van der Waals surface area contributed by atoms with Crippen molar-refractivity contribution in [2.75, 3.05) is 11.9 Å². The van der Waals surface area contributed by atoms with Crippen LogP contribution in [0.3, 0.4) is 0 Å². The molecule has 1 aliphatic rings. The summed E-state index contributed by atoms with van der Waals surface area (Å²) in [5.74, 6) is 1.51. The molecular weight excluding hydrogens is 416 g/mol. The zero-order valence-electron chi connectivity index (χ0n) is 17.8. The molecule has 2 heterocycles. The van der Waals surface area contributed by atoms with Crippen LogP contribution in [-0.2, 0) is 13.0 Å². The van der Waals surface area contributed by atoms with Gasteiger partial charge in [0.25, 0.3) is 11.8 Å². The summed E-state index contributed by atoms with van der Waals surface area (Å²) >= 11 is 0. The molecule has 164 valence electrons. The number of rotatable bonds is 5. The van der Waals surface area contributed by atoms with E-state index in [1.54, 1.807) is 41.3 Å². The number of hydrogen-bond donors (Lipinski definition) is 2. The molecule has 0 radical (unpaired) electrons. The Balaban J connectivity index is 1.27. The first-order valence-electron chi connectivity index (χ1n) is 10.7. The Morgan fingerprint density at radius 3 is 2.24 bits per heavy atom. The molecule has 0 saturated heterocycles. The molecule has 4 aromatic rings. The van der Waals surface area contributed by atoms with Gasteiger partial charge < -0.3 is 15.0 Å². The van der Waals surface area contributed by atoms with E-state index in [4.69, 9.17) is 4.74 Å². The molecule has 0 fully saturated rings. The first-order valence-corrected chi connectivity index (χ1v) is 10.7. The average Bonchev–Trinajstić information content (AvgIpc) is 3.27. The lowest BCUT2D eigenvalue weighted by molar-refractivity contribution is 0.0734. The minimum absolute atomic E-state index is 0.0336. The second kappa shape index (κ2) is 9.00. The molecule has 2 N–H and O–H groups in total. The predicted molar refractivity (Wildman–Crippen MR) is 124 cm³/mol. The van der Waals surface area contributed by atoms with Crippen LogP contribution < -0.4 is 10.1 Å². The molecular formula is C26H22N4O3. The third kappa shape index (κ3) is 4.48. The Morgan fingerprint density at radius 1 is 0.848 bits per heavy atom. The van der Waals surface area contributed by atoms with Crippen molar-refractivity contribution in [3.05, 3.63) is 107 Å². The second-order valence-electron chi connectivity index (χ2n) is 7.77. The molecule has 3 aromatic carbocycles. The van der Waals surface area contributed by atoms with Gasteiger partial charge in [0, 0.05) is 35.3 Å². The lowest BCUT2D eigenvalue weighted by Gasteiger charge is -2.27. The van der Waals surface area contributed by atoms with Crippen LogP contribution in [0.25, 0.3) is 0 Å². The molecule has 2 amide bonds. The van der Waals surface area contributed by atoms with Crippen molar-refractivity contribution < 1.29 is 14.3 Å². The van der Waals surface area contributed by atoms with Crippen LogP contribution in [0.5, 0.6) is 11.5 Å². The van der Waals surface area contributed by atoms with E-state index in [-0.39, 0.29) is 11.8 Å². The van der Waals surface area contributed by atoms with Crippen molar-refractivity contribution in [1.82, 2.24) is 15.1 Å².